The van der Waals surface area contributed by atoms with Gasteiger partial charge in [-0.2, -0.15) is 0 Å². The van der Waals surface area contributed by atoms with Crippen LogP contribution in [0, 0.1) is 17.0 Å². The van der Waals surface area contributed by atoms with E-state index in [-0.39, 0.29) is 29.9 Å². The topological polar surface area (TPSA) is 94.2 Å². The van der Waals surface area contributed by atoms with Gasteiger partial charge >= 0.3 is 0 Å². The standard InChI is InChI=1S/C14H19N3O4/c1-10-12(17(20)21)7-8-14(19)16(10)9-13(18)15-11-5-3-2-4-6-11/h7-8,11H,2-6,9H2,1H3,(H,15,18). The molecule has 1 aliphatic rings. The number of amides is 1. The predicted molar refractivity (Wildman–Crippen MR) is 77.1 cm³/mol. The first kappa shape index (κ1) is 15.2. The van der Waals surface area contributed by atoms with E-state index in [2.05, 4.69) is 5.32 Å². The molecule has 0 aromatic carbocycles. The molecule has 1 saturated carbocycles. The van der Waals surface area contributed by atoms with Gasteiger partial charge in [-0.25, -0.2) is 0 Å². The molecule has 0 bridgehead atoms. The number of nitrogens with zero attached hydrogens (tertiary/aromatic N) is 2. The lowest BCUT2D eigenvalue weighted by Crippen LogP contribution is -2.40. The molecule has 1 N–H and O–H groups in total. The molecule has 114 valence electrons. The van der Waals surface area contributed by atoms with E-state index >= 15 is 0 Å². The largest absolute Gasteiger partial charge is 0.352 e. The molecule has 0 atom stereocenters. The molecule has 7 heteroatoms. The van der Waals surface area contributed by atoms with E-state index in [1.165, 1.54) is 19.4 Å². The third-order valence-corrected chi connectivity index (χ3v) is 3.89. The van der Waals surface area contributed by atoms with Gasteiger partial charge in [0.15, 0.2) is 0 Å². The zero-order valence-corrected chi connectivity index (χ0v) is 12.0. The Morgan fingerprint density at radius 3 is 2.67 bits per heavy atom. The molecule has 1 fully saturated rings. The maximum Gasteiger partial charge on any atom is 0.288 e. The number of hydrogen-bond acceptors (Lipinski definition) is 4. The number of rotatable bonds is 4. The maximum absolute atomic E-state index is 12.0. The molecule has 21 heavy (non-hydrogen) atoms. The Balaban J connectivity index is 2.11. The van der Waals surface area contributed by atoms with Crippen LogP contribution in [0.15, 0.2) is 16.9 Å². The Bertz CT molecular complexity index is 603. The van der Waals surface area contributed by atoms with Gasteiger partial charge < -0.3 is 5.32 Å². The fourth-order valence-corrected chi connectivity index (χ4v) is 2.72. The first-order valence-electron chi connectivity index (χ1n) is 7.13. The number of aromatic nitrogens is 1. The van der Waals surface area contributed by atoms with Crippen molar-refractivity contribution in [3.63, 3.8) is 0 Å². The second kappa shape index (κ2) is 6.51. The molecule has 0 spiro atoms. The van der Waals surface area contributed by atoms with Gasteiger partial charge in [-0.1, -0.05) is 19.3 Å². The summed E-state index contributed by atoms with van der Waals surface area (Å²) in [6, 6.07) is 2.45. The molecule has 1 aliphatic carbocycles. The molecular formula is C14H19N3O4. The number of hydrogen-bond donors (Lipinski definition) is 1. The number of carbonyl (C=O) groups is 1. The van der Waals surface area contributed by atoms with Crippen molar-refractivity contribution in [3.8, 4) is 0 Å². The molecule has 1 heterocycles. The summed E-state index contributed by atoms with van der Waals surface area (Å²) < 4.78 is 1.15. The van der Waals surface area contributed by atoms with Gasteiger partial charge in [0.05, 0.1) is 10.6 Å². The van der Waals surface area contributed by atoms with Crippen LogP contribution in [0.25, 0.3) is 0 Å². The van der Waals surface area contributed by atoms with Crippen LogP contribution in [0.1, 0.15) is 37.8 Å². The van der Waals surface area contributed by atoms with Crippen LogP contribution in [0.3, 0.4) is 0 Å². The molecular weight excluding hydrogens is 274 g/mol. The summed E-state index contributed by atoms with van der Waals surface area (Å²) in [7, 11) is 0. The molecule has 0 aliphatic heterocycles. The fourth-order valence-electron chi connectivity index (χ4n) is 2.72. The SMILES string of the molecule is Cc1c([N+](=O)[O-])ccc(=O)n1CC(=O)NC1CCCCC1. The highest BCUT2D eigenvalue weighted by molar-refractivity contribution is 5.76. The third-order valence-electron chi connectivity index (χ3n) is 3.89. The zero-order chi connectivity index (χ0) is 15.4. The first-order valence-corrected chi connectivity index (χ1v) is 7.13. The van der Waals surface area contributed by atoms with Crippen LogP contribution in [-0.4, -0.2) is 21.4 Å². The molecule has 1 amide bonds. The van der Waals surface area contributed by atoms with Gasteiger partial charge in [-0.15, -0.1) is 0 Å². The second-order valence-electron chi connectivity index (χ2n) is 5.39. The fraction of sp³-hybridized carbons (Fsp3) is 0.571. The average molecular weight is 293 g/mol. The Morgan fingerprint density at radius 1 is 1.38 bits per heavy atom. The van der Waals surface area contributed by atoms with Gasteiger partial charge in [-0.3, -0.25) is 24.3 Å². The van der Waals surface area contributed by atoms with Crippen LogP contribution in [-0.2, 0) is 11.3 Å². The summed E-state index contributed by atoms with van der Waals surface area (Å²) in [6.45, 7) is 1.30. The Kier molecular flexibility index (Phi) is 4.72. The van der Waals surface area contributed by atoms with Crippen molar-refractivity contribution in [1.29, 1.82) is 0 Å². The third kappa shape index (κ3) is 3.68. The van der Waals surface area contributed by atoms with E-state index in [0.29, 0.717) is 0 Å². The molecule has 0 unspecified atom stereocenters. The lowest BCUT2D eigenvalue weighted by molar-refractivity contribution is -0.386. The van der Waals surface area contributed by atoms with E-state index in [9.17, 15) is 19.7 Å². The molecule has 7 nitrogen and oxygen atoms in total. The number of pyridine rings is 1. The monoisotopic (exact) mass is 293 g/mol. The molecule has 1 aromatic heterocycles. The Morgan fingerprint density at radius 2 is 2.05 bits per heavy atom. The lowest BCUT2D eigenvalue weighted by Gasteiger charge is -2.23. The summed E-state index contributed by atoms with van der Waals surface area (Å²) in [6.07, 6.45) is 5.29. The molecule has 1 aromatic rings. The van der Waals surface area contributed by atoms with Crippen molar-refractivity contribution in [1.82, 2.24) is 9.88 Å². The van der Waals surface area contributed by atoms with Crippen molar-refractivity contribution in [2.75, 3.05) is 0 Å². The van der Waals surface area contributed by atoms with Crippen molar-refractivity contribution < 1.29 is 9.72 Å². The van der Waals surface area contributed by atoms with Gasteiger partial charge in [0.2, 0.25) is 5.91 Å². The highest BCUT2D eigenvalue weighted by Gasteiger charge is 2.19. The number of nitrogens with one attached hydrogen (secondary N) is 1. The van der Waals surface area contributed by atoms with Gasteiger partial charge in [0, 0.05) is 18.2 Å². The summed E-state index contributed by atoms with van der Waals surface area (Å²) >= 11 is 0. The maximum atomic E-state index is 12.0. The number of carbonyl (C=O) groups excluding carboxylic acids is 1. The van der Waals surface area contributed by atoms with Crippen LogP contribution < -0.4 is 10.9 Å². The molecule has 2 rings (SSSR count). The minimum atomic E-state index is -0.551. The zero-order valence-electron chi connectivity index (χ0n) is 12.0. The van der Waals surface area contributed by atoms with E-state index < -0.39 is 10.5 Å². The molecule has 0 radical (unpaired) electrons. The van der Waals surface area contributed by atoms with Crippen molar-refractivity contribution in [3.05, 3.63) is 38.3 Å². The van der Waals surface area contributed by atoms with Crippen LogP contribution >= 0.6 is 0 Å². The van der Waals surface area contributed by atoms with Crippen molar-refractivity contribution in [2.45, 2.75) is 51.6 Å². The highest BCUT2D eigenvalue weighted by atomic mass is 16.6. The van der Waals surface area contributed by atoms with E-state index in [1.54, 1.807) is 0 Å². The normalized spacial score (nSPS) is 15.7. The summed E-state index contributed by atoms with van der Waals surface area (Å²) in [5, 5.41) is 13.8. The van der Waals surface area contributed by atoms with Gasteiger partial charge in [-0.05, 0) is 19.8 Å². The minimum absolute atomic E-state index is 0.153. The van der Waals surface area contributed by atoms with E-state index in [4.69, 9.17) is 0 Å². The first-order chi connectivity index (χ1) is 9.99. The highest BCUT2D eigenvalue weighted by Crippen LogP contribution is 2.18. The van der Waals surface area contributed by atoms with Gasteiger partial charge in [0.1, 0.15) is 6.54 Å². The van der Waals surface area contributed by atoms with Crippen LogP contribution in [0.5, 0.6) is 0 Å². The molecule has 0 saturated heterocycles. The van der Waals surface area contributed by atoms with Crippen molar-refractivity contribution in [2.24, 2.45) is 0 Å². The summed E-state index contributed by atoms with van der Waals surface area (Å²) in [5.41, 5.74) is -0.358. The van der Waals surface area contributed by atoms with E-state index in [0.717, 1.165) is 36.3 Å². The van der Waals surface area contributed by atoms with Crippen LogP contribution in [0.2, 0.25) is 0 Å². The summed E-state index contributed by atoms with van der Waals surface area (Å²) in [5.74, 6) is -0.271. The average Bonchev–Trinajstić information content (AvgIpc) is 2.44. The Hall–Kier alpha value is -2.18. The van der Waals surface area contributed by atoms with Crippen LogP contribution in [0.4, 0.5) is 5.69 Å². The second-order valence-corrected chi connectivity index (χ2v) is 5.39. The predicted octanol–water partition coefficient (Wildman–Crippen LogP) is 1.51. The minimum Gasteiger partial charge on any atom is -0.352 e. The number of nitro groups is 1. The lowest BCUT2D eigenvalue weighted by atomic mass is 9.95. The quantitative estimate of drug-likeness (QED) is 0.672. The Labute approximate surface area is 122 Å². The van der Waals surface area contributed by atoms with E-state index in [1.807, 2.05) is 0 Å². The summed E-state index contributed by atoms with van der Waals surface area (Å²) in [4.78, 5) is 34.2. The van der Waals surface area contributed by atoms with Crippen molar-refractivity contribution >= 4 is 11.6 Å². The van der Waals surface area contributed by atoms with Gasteiger partial charge in [0.25, 0.3) is 11.2 Å². The smallest absolute Gasteiger partial charge is 0.288 e.